The average molecular weight is 173 g/mol. The molecule has 5 nitrogen and oxygen atoms in total. The Balaban J connectivity index is 2.30. The molecule has 0 spiro atoms. The summed E-state index contributed by atoms with van der Waals surface area (Å²) in [6.45, 7) is 3.61. The smallest absolute Gasteiger partial charge is 0.215 e. The van der Waals surface area contributed by atoms with Gasteiger partial charge < -0.3 is 19.7 Å². The second-order valence-corrected chi connectivity index (χ2v) is 3.06. The highest BCUT2D eigenvalue weighted by Gasteiger charge is 2.59. The minimum absolute atomic E-state index is 0.140. The molecule has 0 aliphatic carbocycles. The molecule has 0 bridgehead atoms. The quantitative estimate of drug-likeness (QED) is 0.475. The van der Waals surface area contributed by atoms with Crippen molar-refractivity contribution < 1.29 is 19.7 Å². The Kier molecular flexibility index (Phi) is 1.69. The van der Waals surface area contributed by atoms with Gasteiger partial charge in [0.15, 0.2) is 0 Å². The molecule has 5 heteroatoms. The number of nitrogens with zero attached hydrogens (tertiary/aromatic N) is 1. The van der Waals surface area contributed by atoms with Crippen molar-refractivity contribution in [3.05, 3.63) is 0 Å². The molecule has 2 aliphatic heterocycles. The molecule has 0 amide bonds. The number of fused-ring (bicyclic) bond motifs is 1. The number of rotatable bonds is 1. The van der Waals surface area contributed by atoms with Crippen molar-refractivity contribution >= 4 is 6.72 Å². The van der Waals surface area contributed by atoms with Crippen LogP contribution < -0.4 is 0 Å². The highest BCUT2D eigenvalue weighted by Crippen LogP contribution is 2.38. The minimum Gasteiger partial charge on any atom is -0.388 e. The van der Waals surface area contributed by atoms with E-state index in [0.717, 1.165) is 0 Å². The summed E-state index contributed by atoms with van der Waals surface area (Å²) in [5.74, 6) is 0. The van der Waals surface area contributed by atoms with Crippen molar-refractivity contribution in [3.8, 4) is 0 Å². The summed E-state index contributed by atoms with van der Waals surface area (Å²) in [5, 5.41) is 18.8. The Labute approximate surface area is 69.6 Å². The molecule has 0 aromatic rings. The summed E-state index contributed by atoms with van der Waals surface area (Å²) >= 11 is 0. The van der Waals surface area contributed by atoms with Crippen LogP contribution in [0.15, 0.2) is 4.99 Å². The summed E-state index contributed by atoms with van der Waals surface area (Å²) in [5.41, 5.74) is -1.13. The molecule has 2 heterocycles. The van der Waals surface area contributed by atoms with Crippen LogP contribution >= 0.6 is 0 Å². The maximum absolute atomic E-state index is 9.47. The zero-order chi connectivity index (χ0) is 8.77. The first-order valence-electron chi connectivity index (χ1n) is 3.80. The van der Waals surface area contributed by atoms with E-state index < -0.39 is 24.0 Å². The van der Waals surface area contributed by atoms with E-state index in [4.69, 9.17) is 9.47 Å². The van der Waals surface area contributed by atoms with Gasteiger partial charge in [0, 0.05) is 0 Å². The van der Waals surface area contributed by atoms with Gasteiger partial charge in [0.05, 0.1) is 13.2 Å². The van der Waals surface area contributed by atoms with Crippen LogP contribution in [0.2, 0.25) is 0 Å². The third-order valence-electron chi connectivity index (χ3n) is 2.40. The standard InChI is InChI=1S/C7H11NO4/c1-8-7-5(10)3-11-6(7)4(9)2-12-7/h4-6,9-10H,1-3H2/t4-,5-,6-,7-/m1/s1. The van der Waals surface area contributed by atoms with Crippen molar-refractivity contribution in [1.29, 1.82) is 0 Å². The minimum atomic E-state index is -1.13. The van der Waals surface area contributed by atoms with Crippen LogP contribution in [0.4, 0.5) is 0 Å². The topological polar surface area (TPSA) is 71.3 Å². The monoisotopic (exact) mass is 173 g/mol. The first kappa shape index (κ1) is 8.12. The molecular weight excluding hydrogens is 162 g/mol. The van der Waals surface area contributed by atoms with Crippen LogP contribution in [-0.4, -0.2) is 54.2 Å². The van der Waals surface area contributed by atoms with Gasteiger partial charge in [-0.15, -0.1) is 0 Å². The molecule has 4 atom stereocenters. The zero-order valence-electron chi connectivity index (χ0n) is 6.51. The Bertz CT molecular complexity index is 210. The number of hydrogen-bond acceptors (Lipinski definition) is 5. The van der Waals surface area contributed by atoms with E-state index in [0.29, 0.717) is 0 Å². The molecule has 68 valence electrons. The molecule has 2 N–H and O–H groups in total. The van der Waals surface area contributed by atoms with E-state index >= 15 is 0 Å². The van der Waals surface area contributed by atoms with Gasteiger partial charge in [-0.05, 0) is 6.72 Å². The normalized spacial score (nSPS) is 52.3. The van der Waals surface area contributed by atoms with Gasteiger partial charge in [-0.2, -0.15) is 0 Å². The third-order valence-corrected chi connectivity index (χ3v) is 2.40. The Hall–Kier alpha value is -0.490. The highest BCUT2D eigenvalue weighted by atomic mass is 16.6. The van der Waals surface area contributed by atoms with E-state index in [1.807, 2.05) is 0 Å². The van der Waals surface area contributed by atoms with Crippen LogP contribution in [0.3, 0.4) is 0 Å². The van der Waals surface area contributed by atoms with E-state index in [1.54, 1.807) is 0 Å². The molecule has 2 saturated heterocycles. The first-order chi connectivity index (χ1) is 5.70. The number of hydrogen-bond donors (Lipinski definition) is 2. The molecule has 2 aliphatic rings. The molecule has 12 heavy (non-hydrogen) atoms. The molecular formula is C7H11NO4. The second-order valence-electron chi connectivity index (χ2n) is 3.06. The van der Waals surface area contributed by atoms with Gasteiger partial charge in [0.1, 0.15) is 18.3 Å². The van der Waals surface area contributed by atoms with Crippen LogP contribution in [0.25, 0.3) is 0 Å². The van der Waals surface area contributed by atoms with E-state index in [1.165, 1.54) is 0 Å². The Morgan fingerprint density at radius 2 is 2.17 bits per heavy atom. The van der Waals surface area contributed by atoms with E-state index in [2.05, 4.69) is 11.7 Å². The van der Waals surface area contributed by atoms with Gasteiger partial charge in [0.25, 0.3) is 0 Å². The maximum Gasteiger partial charge on any atom is 0.215 e. The third kappa shape index (κ3) is 0.791. The summed E-state index contributed by atoms with van der Waals surface area (Å²) in [4.78, 5) is 3.71. The second kappa shape index (κ2) is 2.50. The van der Waals surface area contributed by atoms with E-state index in [-0.39, 0.29) is 13.2 Å². The van der Waals surface area contributed by atoms with Crippen molar-refractivity contribution in [3.63, 3.8) is 0 Å². The fraction of sp³-hybridized carbons (Fsp3) is 0.857. The summed E-state index contributed by atoms with van der Waals surface area (Å²) in [6, 6.07) is 0. The van der Waals surface area contributed by atoms with Crippen molar-refractivity contribution in [1.82, 2.24) is 0 Å². The van der Waals surface area contributed by atoms with Crippen molar-refractivity contribution in [2.75, 3.05) is 13.2 Å². The van der Waals surface area contributed by atoms with Crippen molar-refractivity contribution in [2.45, 2.75) is 24.0 Å². The fourth-order valence-electron chi connectivity index (χ4n) is 1.74. The maximum atomic E-state index is 9.47. The molecule has 2 rings (SSSR count). The van der Waals surface area contributed by atoms with Gasteiger partial charge in [-0.25, -0.2) is 0 Å². The SMILES string of the molecule is C=N[C@]12OC[C@@H](O)[C@H]1OC[C@H]2O. The Morgan fingerprint density at radius 1 is 1.42 bits per heavy atom. The first-order valence-corrected chi connectivity index (χ1v) is 3.80. The van der Waals surface area contributed by atoms with Gasteiger partial charge >= 0.3 is 0 Å². The molecule has 0 radical (unpaired) electrons. The number of aliphatic imine (C=N–C) groups is 1. The molecule has 0 saturated carbocycles. The highest BCUT2D eigenvalue weighted by molar-refractivity contribution is 5.28. The van der Waals surface area contributed by atoms with Crippen LogP contribution in [0.5, 0.6) is 0 Å². The predicted octanol–water partition coefficient (Wildman–Crippen LogP) is -1.47. The number of aliphatic hydroxyl groups excluding tert-OH is 2. The number of aliphatic hydroxyl groups is 2. The van der Waals surface area contributed by atoms with Gasteiger partial charge in [0.2, 0.25) is 5.72 Å². The molecule has 0 unspecified atom stereocenters. The molecule has 2 fully saturated rings. The predicted molar refractivity (Wildman–Crippen MR) is 40.0 cm³/mol. The largest absolute Gasteiger partial charge is 0.388 e. The van der Waals surface area contributed by atoms with Gasteiger partial charge in [-0.3, -0.25) is 4.99 Å². The molecule has 0 aromatic carbocycles. The average Bonchev–Trinajstić information content (AvgIpc) is 2.55. The zero-order valence-corrected chi connectivity index (χ0v) is 6.51. The summed E-state index contributed by atoms with van der Waals surface area (Å²) < 4.78 is 10.3. The van der Waals surface area contributed by atoms with Crippen molar-refractivity contribution in [2.24, 2.45) is 4.99 Å². The van der Waals surface area contributed by atoms with Crippen LogP contribution in [0, 0.1) is 0 Å². The van der Waals surface area contributed by atoms with E-state index in [9.17, 15) is 10.2 Å². The molecule has 0 aromatic heterocycles. The van der Waals surface area contributed by atoms with Crippen LogP contribution in [0.1, 0.15) is 0 Å². The lowest BCUT2D eigenvalue weighted by Crippen LogP contribution is -2.45. The van der Waals surface area contributed by atoms with Gasteiger partial charge in [-0.1, -0.05) is 0 Å². The lowest BCUT2D eigenvalue weighted by Gasteiger charge is -2.24. The Morgan fingerprint density at radius 3 is 2.75 bits per heavy atom. The fourth-order valence-corrected chi connectivity index (χ4v) is 1.74. The number of ether oxygens (including phenoxy) is 2. The lowest BCUT2D eigenvalue weighted by atomic mass is 10.0. The lowest BCUT2D eigenvalue weighted by molar-refractivity contribution is -0.0686. The van der Waals surface area contributed by atoms with Crippen LogP contribution in [-0.2, 0) is 9.47 Å². The summed E-state index contributed by atoms with van der Waals surface area (Å²) in [6.07, 6.45) is -2.10. The summed E-state index contributed by atoms with van der Waals surface area (Å²) in [7, 11) is 0.